The van der Waals surface area contributed by atoms with E-state index in [9.17, 15) is 0 Å². The van der Waals surface area contributed by atoms with Crippen LogP contribution in [0.1, 0.15) is 25.5 Å². The highest BCUT2D eigenvalue weighted by atomic mass is 15.1. The molecule has 15 heavy (non-hydrogen) atoms. The third-order valence-corrected chi connectivity index (χ3v) is 2.56. The molecule has 1 unspecified atom stereocenters. The molecule has 1 heterocycles. The average Bonchev–Trinajstić information content (AvgIpc) is 2.27. The number of hydrogen-bond donors (Lipinski definition) is 0. The quantitative estimate of drug-likeness (QED) is 0.736. The predicted octanol–water partition coefficient (Wildman–Crippen LogP) is 2.21. The van der Waals surface area contributed by atoms with Gasteiger partial charge >= 0.3 is 0 Å². The summed E-state index contributed by atoms with van der Waals surface area (Å²) in [7, 11) is 2.04. The van der Waals surface area contributed by atoms with E-state index in [0.717, 1.165) is 18.7 Å². The molecule has 1 rings (SSSR count). The number of hydrogen-bond acceptors (Lipinski definition) is 3. The summed E-state index contributed by atoms with van der Waals surface area (Å²) in [6, 6.07) is 8.46. The van der Waals surface area contributed by atoms with Gasteiger partial charge in [0.05, 0.1) is 18.2 Å². The van der Waals surface area contributed by atoms with Gasteiger partial charge in [0.2, 0.25) is 0 Å². The van der Waals surface area contributed by atoms with Gasteiger partial charge in [-0.25, -0.2) is 0 Å². The van der Waals surface area contributed by atoms with Crippen molar-refractivity contribution in [3.05, 3.63) is 30.1 Å². The Morgan fingerprint density at radius 1 is 1.53 bits per heavy atom. The largest absolute Gasteiger partial charge is 0.297 e. The van der Waals surface area contributed by atoms with Gasteiger partial charge in [-0.15, -0.1) is 0 Å². The van der Waals surface area contributed by atoms with E-state index < -0.39 is 0 Å². The van der Waals surface area contributed by atoms with Crippen molar-refractivity contribution in [1.29, 1.82) is 5.26 Å². The van der Waals surface area contributed by atoms with E-state index in [4.69, 9.17) is 5.26 Å². The van der Waals surface area contributed by atoms with Crippen LogP contribution in [0.3, 0.4) is 0 Å². The summed E-state index contributed by atoms with van der Waals surface area (Å²) >= 11 is 0. The fourth-order valence-electron chi connectivity index (χ4n) is 1.59. The molecule has 3 nitrogen and oxygen atoms in total. The zero-order valence-corrected chi connectivity index (χ0v) is 9.35. The lowest BCUT2D eigenvalue weighted by molar-refractivity contribution is 0.228. The second kappa shape index (κ2) is 6.15. The van der Waals surface area contributed by atoms with E-state index in [2.05, 4.69) is 22.9 Å². The molecule has 0 aliphatic carbocycles. The monoisotopic (exact) mass is 203 g/mol. The van der Waals surface area contributed by atoms with Crippen LogP contribution in [-0.4, -0.2) is 23.0 Å². The number of nitrogens with zero attached hydrogens (tertiary/aromatic N) is 3. The zero-order valence-electron chi connectivity index (χ0n) is 9.35. The Labute approximate surface area is 91.4 Å². The first-order valence-electron chi connectivity index (χ1n) is 5.25. The smallest absolute Gasteiger partial charge is 0.0638 e. The van der Waals surface area contributed by atoms with Crippen molar-refractivity contribution in [2.24, 2.45) is 0 Å². The molecule has 3 heteroatoms. The first-order chi connectivity index (χ1) is 7.27. The van der Waals surface area contributed by atoms with Gasteiger partial charge in [-0.2, -0.15) is 5.26 Å². The van der Waals surface area contributed by atoms with Gasteiger partial charge in [-0.1, -0.05) is 13.0 Å². The molecule has 0 saturated carbocycles. The molecule has 0 bridgehead atoms. The molecule has 0 N–H and O–H groups in total. The molecule has 0 aromatic carbocycles. The summed E-state index contributed by atoms with van der Waals surface area (Å²) in [6.07, 6.45) is 3.38. The maximum absolute atomic E-state index is 8.69. The fourth-order valence-corrected chi connectivity index (χ4v) is 1.59. The van der Waals surface area contributed by atoms with Gasteiger partial charge in [-0.3, -0.25) is 9.88 Å². The second-order valence-corrected chi connectivity index (χ2v) is 3.66. The first-order valence-corrected chi connectivity index (χ1v) is 5.25. The number of aromatic nitrogens is 1. The Balaban J connectivity index is 2.54. The van der Waals surface area contributed by atoms with Crippen LogP contribution >= 0.6 is 0 Å². The van der Waals surface area contributed by atoms with Gasteiger partial charge < -0.3 is 0 Å². The van der Waals surface area contributed by atoms with E-state index in [1.807, 2.05) is 25.2 Å². The Hall–Kier alpha value is -1.40. The van der Waals surface area contributed by atoms with Crippen molar-refractivity contribution in [3.63, 3.8) is 0 Å². The van der Waals surface area contributed by atoms with Crippen molar-refractivity contribution in [3.8, 4) is 6.07 Å². The van der Waals surface area contributed by atoms with Crippen LogP contribution in [0.25, 0.3) is 0 Å². The van der Waals surface area contributed by atoms with Gasteiger partial charge in [0.1, 0.15) is 0 Å². The van der Waals surface area contributed by atoms with Gasteiger partial charge in [0, 0.05) is 18.8 Å². The van der Waals surface area contributed by atoms with Crippen molar-refractivity contribution in [2.45, 2.75) is 32.4 Å². The van der Waals surface area contributed by atoms with Gasteiger partial charge in [0.25, 0.3) is 0 Å². The van der Waals surface area contributed by atoms with E-state index >= 15 is 0 Å². The van der Waals surface area contributed by atoms with Gasteiger partial charge in [-0.05, 0) is 25.6 Å². The molecule has 0 aliphatic heterocycles. The lowest BCUT2D eigenvalue weighted by Gasteiger charge is -2.24. The summed E-state index contributed by atoms with van der Waals surface area (Å²) in [5, 5.41) is 8.69. The molecule has 0 radical (unpaired) electrons. The topological polar surface area (TPSA) is 39.9 Å². The Morgan fingerprint density at radius 2 is 2.33 bits per heavy atom. The second-order valence-electron chi connectivity index (χ2n) is 3.66. The fraction of sp³-hybridized carbons (Fsp3) is 0.500. The molecule has 1 aromatic heterocycles. The number of rotatable bonds is 5. The van der Waals surface area contributed by atoms with Crippen LogP contribution in [0.5, 0.6) is 0 Å². The zero-order chi connectivity index (χ0) is 11.1. The highest BCUT2D eigenvalue weighted by Gasteiger charge is 2.12. The normalized spacial score (nSPS) is 12.4. The summed E-state index contributed by atoms with van der Waals surface area (Å²) in [5.41, 5.74) is 1.05. The minimum absolute atomic E-state index is 0.331. The Kier molecular flexibility index (Phi) is 4.79. The van der Waals surface area contributed by atoms with Crippen LogP contribution in [0, 0.1) is 11.3 Å². The maximum Gasteiger partial charge on any atom is 0.0638 e. The number of nitriles is 1. The van der Waals surface area contributed by atoms with Crippen LogP contribution in [-0.2, 0) is 6.54 Å². The predicted molar refractivity (Wildman–Crippen MR) is 60.0 cm³/mol. The Morgan fingerprint density at radius 3 is 2.87 bits per heavy atom. The molecule has 1 atom stereocenters. The van der Waals surface area contributed by atoms with E-state index in [0.29, 0.717) is 12.5 Å². The highest BCUT2D eigenvalue weighted by molar-refractivity contribution is 5.03. The molecular formula is C12H17N3. The summed E-state index contributed by atoms with van der Waals surface area (Å²) in [6.45, 7) is 2.91. The SMILES string of the molecule is CCC(CC#N)N(C)Cc1ccccn1. The van der Waals surface area contributed by atoms with Crippen LogP contribution in [0.15, 0.2) is 24.4 Å². The highest BCUT2D eigenvalue weighted by Crippen LogP contribution is 2.09. The van der Waals surface area contributed by atoms with Crippen molar-refractivity contribution in [2.75, 3.05) is 7.05 Å². The molecule has 0 aliphatic rings. The summed E-state index contributed by atoms with van der Waals surface area (Å²) in [4.78, 5) is 6.46. The lowest BCUT2D eigenvalue weighted by Crippen LogP contribution is -2.30. The molecule has 80 valence electrons. The molecule has 1 aromatic rings. The van der Waals surface area contributed by atoms with Crippen molar-refractivity contribution in [1.82, 2.24) is 9.88 Å². The first kappa shape index (κ1) is 11.7. The molecule has 0 spiro atoms. The number of pyridine rings is 1. The van der Waals surface area contributed by atoms with Crippen LogP contribution in [0.4, 0.5) is 0 Å². The van der Waals surface area contributed by atoms with E-state index in [1.165, 1.54) is 0 Å². The van der Waals surface area contributed by atoms with Crippen molar-refractivity contribution < 1.29 is 0 Å². The molecule has 0 fully saturated rings. The Bertz CT molecular complexity index is 315. The standard InChI is InChI=1S/C12H17N3/c1-3-12(7-8-13)15(2)10-11-6-4-5-9-14-11/h4-6,9,12H,3,7,10H2,1-2H3. The summed E-state index contributed by atoms with van der Waals surface area (Å²) < 4.78 is 0. The molecule has 0 saturated heterocycles. The van der Waals surface area contributed by atoms with Crippen LogP contribution in [0.2, 0.25) is 0 Å². The average molecular weight is 203 g/mol. The van der Waals surface area contributed by atoms with E-state index in [-0.39, 0.29) is 0 Å². The minimum atomic E-state index is 0.331. The third kappa shape index (κ3) is 3.69. The minimum Gasteiger partial charge on any atom is -0.297 e. The summed E-state index contributed by atoms with van der Waals surface area (Å²) in [5.74, 6) is 0. The molecular weight excluding hydrogens is 186 g/mol. The third-order valence-electron chi connectivity index (χ3n) is 2.56. The maximum atomic E-state index is 8.69. The van der Waals surface area contributed by atoms with Crippen LogP contribution < -0.4 is 0 Å². The van der Waals surface area contributed by atoms with Crippen molar-refractivity contribution >= 4 is 0 Å². The lowest BCUT2D eigenvalue weighted by atomic mass is 10.1. The van der Waals surface area contributed by atoms with E-state index in [1.54, 1.807) is 6.20 Å². The molecule has 0 amide bonds. The van der Waals surface area contributed by atoms with Gasteiger partial charge in [0.15, 0.2) is 0 Å².